The van der Waals surface area contributed by atoms with Gasteiger partial charge in [-0.3, -0.25) is 0 Å². The summed E-state index contributed by atoms with van der Waals surface area (Å²) in [5.74, 6) is 2.47. The minimum atomic E-state index is 0.679. The van der Waals surface area contributed by atoms with E-state index in [4.69, 9.17) is 6.42 Å². The number of rotatable bonds is 2. The van der Waals surface area contributed by atoms with Crippen LogP contribution in [0, 0.1) is 12.3 Å². The quantitative estimate of drug-likeness (QED) is 0.285. The van der Waals surface area contributed by atoms with E-state index >= 15 is 0 Å². The first kappa shape index (κ1) is 6.82. The van der Waals surface area contributed by atoms with Gasteiger partial charge in [0.15, 0.2) is 0 Å². The normalized spacial score (nSPS) is 7.88. The van der Waals surface area contributed by atoms with Gasteiger partial charge < -0.3 is 0 Å². The van der Waals surface area contributed by atoms with Crippen molar-refractivity contribution in [2.45, 2.75) is 6.42 Å². The van der Waals surface area contributed by atoms with E-state index < -0.39 is 0 Å². The average Bonchev–Trinajstić information content (AvgIpc) is 1.81. The van der Waals surface area contributed by atoms with E-state index in [0.29, 0.717) is 6.42 Å². The summed E-state index contributed by atoms with van der Waals surface area (Å²) in [7, 11) is 0. The molecule has 0 aliphatic rings. The zero-order valence-corrected chi connectivity index (χ0v) is 4.72. The van der Waals surface area contributed by atoms with Crippen LogP contribution in [0.2, 0.25) is 0 Å². The summed E-state index contributed by atoms with van der Waals surface area (Å²) in [4.78, 5) is 0. The first-order valence-electron chi connectivity index (χ1n) is 2.36. The molecule has 0 aliphatic carbocycles. The van der Waals surface area contributed by atoms with Gasteiger partial charge in [-0.15, -0.1) is 18.1 Å². The Hall–Kier alpha value is -1.18. The molecule has 40 valence electrons. The molecule has 8 heavy (non-hydrogen) atoms. The molecule has 0 saturated carbocycles. The fraction of sp³-hybridized carbons (Fsp3) is 0.125. The number of hydrogen-bond acceptors (Lipinski definition) is 0. The molecular formula is C8H8. The van der Waals surface area contributed by atoms with Gasteiger partial charge in [-0.1, -0.05) is 18.7 Å². The fourth-order valence-corrected chi connectivity index (χ4v) is 0.272. The second kappa shape index (κ2) is 5.82. The molecule has 0 aromatic rings. The van der Waals surface area contributed by atoms with E-state index in [1.165, 1.54) is 0 Å². The lowest BCUT2D eigenvalue weighted by atomic mass is 10.4. The van der Waals surface area contributed by atoms with E-state index in [9.17, 15) is 0 Å². The predicted molar refractivity (Wildman–Crippen MR) is 36.3 cm³/mol. The predicted octanol–water partition coefficient (Wildman–Crippen LogP) is 1.91. The van der Waals surface area contributed by atoms with E-state index in [0.717, 1.165) is 0 Å². The van der Waals surface area contributed by atoms with Gasteiger partial charge in [0.1, 0.15) is 0 Å². The average molecular weight is 104 g/mol. The minimum absolute atomic E-state index is 0.679. The van der Waals surface area contributed by atoms with Gasteiger partial charge in [0.2, 0.25) is 0 Å². The van der Waals surface area contributed by atoms with Crippen LogP contribution in [-0.2, 0) is 0 Å². The Bertz CT molecular complexity index is 149. The first-order valence-corrected chi connectivity index (χ1v) is 2.36. The smallest absolute Gasteiger partial charge is 0.0270 e. The molecule has 0 aromatic heterocycles. The van der Waals surface area contributed by atoms with Gasteiger partial charge in [0.05, 0.1) is 0 Å². The van der Waals surface area contributed by atoms with Gasteiger partial charge >= 0.3 is 0 Å². The highest BCUT2D eigenvalue weighted by Crippen LogP contribution is 1.78. The lowest BCUT2D eigenvalue weighted by Crippen LogP contribution is -1.52. The highest BCUT2D eigenvalue weighted by Gasteiger charge is 1.60. The van der Waals surface area contributed by atoms with Gasteiger partial charge in [0.25, 0.3) is 0 Å². The number of hydrogen-bond donors (Lipinski definition) is 0. The molecule has 0 rings (SSSR count). The van der Waals surface area contributed by atoms with Crippen molar-refractivity contribution in [3.05, 3.63) is 30.5 Å². The minimum Gasteiger partial charge on any atom is -0.129 e. The van der Waals surface area contributed by atoms with Crippen LogP contribution in [0.1, 0.15) is 6.42 Å². The van der Waals surface area contributed by atoms with Gasteiger partial charge in [-0.25, -0.2) is 0 Å². The summed E-state index contributed by atoms with van der Waals surface area (Å²) < 4.78 is 0. The Kier molecular flexibility index (Phi) is 4.96. The molecule has 0 aromatic carbocycles. The Balaban J connectivity index is 3.38. The Morgan fingerprint density at radius 1 is 1.62 bits per heavy atom. The highest BCUT2D eigenvalue weighted by molar-refractivity contribution is 5.04. The molecule has 0 atom stereocenters. The third kappa shape index (κ3) is 4.82. The Morgan fingerprint density at radius 2 is 2.38 bits per heavy atom. The van der Waals surface area contributed by atoms with Crippen molar-refractivity contribution in [3.63, 3.8) is 0 Å². The van der Waals surface area contributed by atoms with E-state index in [1.807, 2.05) is 12.2 Å². The summed E-state index contributed by atoms with van der Waals surface area (Å²) in [6.45, 7) is 3.37. The number of terminal acetylenes is 1. The van der Waals surface area contributed by atoms with Crippen LogP contribution in [-0.4, -0.2) is 0 Å². The molecule has 0 bridgehead atoms. The van der Waals surface area contributed by atoms with E-state index in [1.54, 1.807) is 6.08 Å². The van der Waals surface area contributed by atoms with Gasteiger partial charge in [-0.05, 0) is 6.08 Å². The Morgan fingerprint density at radius 3 is 2.88 bits per heavy atom. The van der Waals surface area contributed by atoms with Crippen LogP contribution in [0.5, 0.6) is 0 Å². The summed E-state index contributed by atoms with van der Waals surface area (Å²) in [5.41, 5.74) is 2.60. The van der Waals surface area contributed by atoms with Crippen molar-refractivity contribution in [2.75, 3.05) is 0 Å². The topological polar surface area (TPSA) is 0 Å². The van der Waals surface area contributed by atoms with E-state index in [2.05, 4.69) is 18.2 Å². The van der Waals surface area contributed by atoms with Gasteiger partial charge in [0, 0.05) is 6.42 Å². The van der Waals surface area contributed by atoms with Gasteiger partial charge in [-0.2, -0.15) is 0 Å². The van der Waals surface area contributed by atoms with E-state index in [-0.39, 0.29) is 0 Å². The summed E-state index contributed by atoms with van der Waals surface area (Å²) in [6.07, 6.45) is 11.1. The second-order valence-electron chi connectivity index (χ2n) is 1.21. The number of allylic oxidation sites excluding steroid dienone is 3. The third-order valence-electron chi connectivity index (χ3n) is 0.586. The van der Waals surface area contributed by atoms with Crippen LogP contribution in [0.4, 0.5) is 0 Å². The van der Waals surface area contributed by atoms with Crippen molar-refractivity contribution >= 4 is 0 Å². The molecule has 0 radical (unpaired) electrons. The second-order valence-corrected chi connectivity index (χ2v) is 1.21. The maximum Gasteiger partial charge on any atom is 0.0270 e. The fourth-order valence-electron chi connectivity index (χ4n) is 0.272. The largest absolute Gasteiger partial charge is 0.129 e. The van der Waals surface area contributed by atoms with Crippen molar-refractivity contribution in [1.29, 1.82) is 0 Å². The molecule has 0 heterocycles. The summed E-state index contributed by atoms with van der Waals surface area (Å²) >= 11 is 0. The van der Waals surface area contributed by atoms with Crippen molar-refractivity contribution in [1.82, 2.24) is 0 Å². The molecule has 0 N–H and O–H groups in total. The zero-order valence-electron chi connectivity index (χ0n) is 4.72. The first-order chi connectivity index (χ1) is 3.91. The molecule has 0 heteroatoms. The molecule has 0 saturated heterocycles. The molecule has 0 unspecified atom stereocenters. The van der Waals surface area contributed by atoms with Crippen LogP contribution in [0.15, 0.2) is 30.5 Å². The van der Waals surface area contributed by atoms with Crippen molar-refractivity contribution in [2.24, 2.45) is 0 Å². The summed E-state index contributed by atoms with van der Waals surface area (Å²) in [5, 5.41) is 0. The molecule has 0 aliphatic heterocycles. The van der Waals surface area contributed by atoms with Crippen LogP contribution in [0.3, 0.4) is 0 Å². The zero-order chi connectivity index (χ0) is 6.24. The lowest BCUT2D eigenvalue weighted by Gasteiger charge is -1.69. The highest BCUT2D eigenvalue weighted by atomic mass is 13.7. The molecule has 0 nitrogen and oxygen atoms in total. The van der Waals surface area contributed by atoms with Crippen molar-refractivity contribution in [3.8, 4) is 12.3 Å². The molecule has 0 spiro atoms. The summed E-state index contributed by atoms with van der Waals surface area (Å²) in [6, 6.07) is 0. The standard InChI is InChI=1S/C8H8/c1-3-5-7-8-6-4-2/h1,6-8H,2,5H2. The SMILES string of the molecule is C#CCC=CC=C=C. The lowest BCUT2D eigenvalue weighted by molar-refractivity contribution is 1.48. The maximum atomic E-state index is 4.96. The van der Waals surface area contributed by atoms with Crippen LogP contribution in [0.25, 0.3) is 0 Å². The molecule has 0 fully saturated rings. The maximum absolute atomic E-state index is 4.96. The Labute approximate surface area is 50.2 Å². The monoisotopic (exact) mass is 104 g/mol. The van der Waals surface area contributed by atoms with Crippen LogP contribution >= 0.6 is 0 Å². The molecule has 0 amide bonds. The van der Waals surface area contributed by atoms with Crippen LogP contribution < -0.4 is 0 Å². The molecular weight excluding hydrogens is 96.1 g/mol. The van der Waals surface area contributed by atoms with Crippen molar-refractivity contribution < 1.29 is 0 Å². The third-order valence-corrected chi connectivity index (χ3v) is 0.586.